The van der Waals surface area contributed by atoms with E-state index in [9.17, 15) is 13.2 Å². The molecule has 0 bridgehead atoms. The maximum Gasteiger partial charge on any atom is 0.252 e. The second kappa shape index (κ2) is 8.90. The molecule has 4 rings (SSSR count). The third-order valence-electron chi connectivity index (χ3n) is 5.31. The van der Waals surface area contributed by atoms with Gasteiger partial charge < -0.3 is 9.42 Å². The van der Waals surface area contributed by atoms with E-state index in [0.29, 0.717) is 61.5 Å². The monoisotopic (exact) mass is 439 g/mol. The molecule has 0 N–H and O–H groups in total. The van der Waals surface area contributed by atoms with E-state index in [-0.39, 0.29) is 5.91 Å². The number of likely N-dealkylation sites (tertiary alicyclic amines) is 1. The average molecular weight is 440 g/mol. The first kappa shape index (κ1) is 20.5. The molecule has 0 aliphatic carbocycles. The number of hydrogen-bond donors (Lipinski definition) is 0. The Balaban J connectivity index is 1.24. The summed E-state index contributed by atoms with van der Waals surface area (Å²) < 4.78 is 32.4. The minimum Gasteiger partial charge on any atom is -0.343 e. The van der Waals surface area contributed by atoms with Crippen LogP contribution in [0.1, 0.15) is 31.0 Å². The number of aromatic nitrogens is 2. The van der Waals surface area contributed by atoms with Crippen LogP contribution in [0.4, 0.5) is 0 Å². The van der Waals surface area contributed by atoms with Gasteiger partial charge in [-0.2, -0.15) is 9.29 Å². The van der Waals surface area contributed by atoms with Crippen molar-refractivity contribution in [3.63, 3.8) is 0 Å². The van der Waals surface area contributed by atoms with Crippen molar-refractivity contribution in [2.45, 2.75) is 36.4 Å². The molecule has 0 atom stereocenters. The molecule has 158 valence electrons. The summed E-state index contributed by atoms with van der Waals surface area (Å²) >= 11 is 1.24. The summed E-state index contributed by atoms with van der Waals surface area (Å²) in [6, 6.07) is 3.39. The molecule has 1 amide bonds. The number of nitrogens with zero attached hydrogens (tertiary/aromatic N) is 5. The molecule has 2 aliphatic heterocycles. The van der Waals surface area contributed by atoms with Gasteiger partial charge in [0.2, 0.25) is 11.8 Å². The Kier molecular flexibility index (Phi) is 6.28. The minimum atomic E-state index is -3.39. The predicted octanol–water partition coefficient (Wildman–Crippen LogP) is 1.19. The molecule has 2 aromatic heterocycles. The van der Waals surface area contributed by atoms with E-state index in [1.54, 1.807) is 17.5 Å². The first-order chi connectivity index (χ1) is 14.0. The van der Waals surface area contributed by atoms with Crippen LogP contribution in [0.3, 0.4) is 0 Å². The fourth-order valence-corrected chi connectivity index (χ4v) is 6.23. The van der Waals surface area contributed by atoms with Crippen LogP contribution in [0.15, 0.2) is 26.2 Å². The zero-order valence-electron chi connectivity index (χ0n) is 16.2. The van der Waals surface area contributed by atoms with Crippen molar-refractivity contribution in [3.05, 3.63) is 29.2 Å². The maximum absolute atomic E-state index is 12.6. The lowest BCUT2D eigenvalue weighted by atomic mass is 10.3. The van der Waals surface area contributed by atoms with Crippen molar-refractivity contribution in [1.29, 1.82) is 0 Å². The Labute approximate surface area is 174 Å². The van der Waals surface area contributed by atoms with E-state index in [4.69, 9.17) is 4.52 Å². The van der Waals surface area contributed by atoms with E-state index in [2.05, 4.69) is 15.0 Å². The minimum absolute atomic E-state index is 0.144. The van der Waals surface area contributed by atoms with Gasteiger partial charge >= 0.3 is 0 Å². The number of amides is 1. The molecule has 2 aliphatic rings. The normalized spacial score (nSPS) is 19.1. The second-order valence-electron chi connectivity index (χ2n) is 7.30. The van der Waals surface area contributed by atoms with Gasteiger partial charge in [0.1, 0.15) is 4.21 Å². The van der Waals surface area contributed by atoms with Crippen molar-refractivity contribution < 1.29 is 17.7 Å². The Morgan fingerprint density at radius 1 is 1.14 bits per heavy atom. The number of rotatable bonds is 7. The molecule has 2 fully saturated rings. The Morgan fingerprint density at radius 3 is 2.59 bits per heavy atom. The quantitative estimate of drug-likeness (QED) is 0.639. The molecule has 0 saturated carbocycles. The number of thiophene rings is 1. The smallest absolute Gasteiger partial charge is 0.252 e. The van der Waals surface area contributed by atoms with Gasteiger partial charge in [0.15, 0.2) is 5.82 Å². The van der Waals surface area contributed by atoms with Crippen molar-refractivity contribution >= 4 is 27.3 Å². The van der Waals surface area contributed by atoms with Crippen LogP contribution >= 0.6 is 11.3 Å². The molecular weight excluding hydrogens is 414 g/mol. The second-order valence-corrected chi connectivity index (χ2v) is 10.4. The molecule has 0 unspecified atom stereocenters. The summed E-state index contributed by atoms with van der Waals surface area (Å²) in [5.41, 5.74) is 0. The van der Waals surface area contributed by atoms with Crippen molar-refractivity contribution in [1.82, 2.24) is 24.2 Å². The standard InChI is InChI=1S/C18H25N5O4S2/c24-17(22-7-1-2-8-22)6-5-16-19-15(20-27-16)14-21-9-11-23(12-10-21)29(25,26)18-4-3-13-28-18/h3-4,13H,1-2,5-12,14H2. The number of aryl methyl sites for hydroxylation is 1. The largest absolute Gasteiger partial charge is 0.343 e. The zero-order chi connectivity index (χ0) is 20.3. The van der Waals surface area contributed by atoms with Crippen molar-refractivity contribution in [2.24, 2.45) is 0 Å². The van der Waals surface area contributed by atoms with Gasteiger partial charge in [-0.15, -0.1) is 11.3 Å². The molecule has 0 spiro atoms. The van der Waals surface area contributed by atoms with Crippen LogP contribution in [-0.4, -0.2) is 77.8 Å². The first-order valence-corrected chi connectivity index (χ1v) is 12.2. The molecule has 2 aromatic rings. The molecule has 29 heavy (non-hydrogen) atoms. The van der Waals surface area contributed by atoms with Crippen LogP contribution < -0.4 is 0 Å². The number of piperazine rings is 1. The number of carbonyl (C=O) groups is 1. The van der Waals surface area contributed by atoms with E-state index < -0.39 is 10.0 Å². The van der Waals surface area contributed by atoms with Crippen LogP contribution in [-0.2, 0) is 27.8 Å². The van der Waals surface area contributed by atoms with E-state index in [1.807, 2.05) is 4.90 Å². The highest BCUT2D eigenvalue weighted by atomic mass is 32.2. The van der Waals surface area contributed by atoms with Crippen LogP contribution in [0.5, 0.6) is 0 Å². The van der Waals surface area contributed by atoms with Crippen LogP contribution in [0.2, 0.25) is 0 Å². The molecule has 4 heterocycles. The van der Waals surface area contributed by atoms with Gasteiger partial charge in [0.05, 0.1) is 6.54 Å². The Hall–Kier alpha value is -1.82. The summed E-state index contributed by atoms with van der Waals surface area (Å²) in [5.74, 6) is 1.19. The topological polar surface area (TPSA) is 99.9 Å². The summed E-state index contributed by atoms with van der Waals surface area (Å²) in [6.45, 7) is 4.31. The third-order valence-corrected chi connectivity index (χ3v) is 8.58. The Morgan fingerprint density at radius 2 is 1.90 bits per heavy atom. The van der Waals surface area contributed by atoms with Crippen molar-refractivity contribution in [3.8, 4) is 0 Å². The van der Waals surface area contributed by atoms with Crippen molar-refractivity contribution in [2.75, 3.05) is 39.3 Å². The summed E-state index contributed by atoms with van der Waals surface area (Å²) in [6.07, 6.45) is 3.01. The first-order valence-electron chi connectivity index (χ1n) is 9.87. The van der Waals surface area contributed by atoms with E-state index >= 15 is 0 Å². The lowest BCUT2D eigenvalue weighted by Gasteiger charge is -2.32. The molecule has 0 aromatic carbocycles. The van der Waals surface area contributed by atoms with E-state index in [0.717, 1.165) is 25.9 Å². The molecule has 11 heteroatoms. The van der Waals surface area contributed by atoms with Gasteiger partial charge in [-0.25, -0.2) is 8.42 Å². The van der Waals surface area contributed by atoms with Gasteiger partial charge in [-0.05, 0) is 24.3 Å². The zero-order valence-corrected chi connectivity index (χ0v) is 17.8. The Bertz CT molecular complexity index is 914. The third kappa shape index (κ3) is 4.85. The van der Waals surface area contributed by atoms with E-state index in [1.165, 1.54) is 15.6 Å². The van der Waals surface area contributed by atoms with Crippen LogP contribution in [0, 0.1) is 0 Å². The highest BCUT2D eigenvalue weighted by Gasteiger charge is 2.29. The number of carbonyl (C=O) groups excluding carboxylic acids is 1. The molecule has 2 saturated heterocycles. The fourth-order valence-electron chi connectivity index (χ4n) is 3.66. The summed E-state index contributed by atoms with van der Waals surface area (Å²) in [5, 5.41) is 5.78. The molecule has 0 radical (unpaired) electrons. The van der Waals surface area contributed by atoms with Crippen LogP contribution in [0.25, 0.3) is 0 Å². The fraction of sp³-hybridized carbons (Fsp3) is 0.611. The highest BCUT2D eigenvalue weighted by molar-refractivity contribution is 7.91. The van der Waals surface area contributed by atoms with Gasteiger partial charge in [-0.3, -0.25) is 9.69 Å². The lowest BCUT2D eigenvalue weighted by molar-refractivity contribution is -0.130. The SMILES string of the molecule is O=C(CCc1nc(CN2CCN(S(=O)(=O)c3cccs3)CC2)no1)N1CCCC1. The highest BCUT2D eigenvalue weighted by Crippen LogP contribution is 2.22. The number of sulfonamides is 1. The summed E-state index contributed by atoms with van der Waals surface area (Å²) in [7, 11) is -3.39. The van der Waals surface area contributed by atoms with Gasteiger partial charge in [-0.1, -0.05) is 11.2 Å². The average Bonchev–Trinajstić information content (AvgIpc) is 3.49. The predicted molar refractivity (Wildman–Crippen MR) is 107 cm³/mol. The summed E-state index contributed by atoms with van der Waals surface area (Å²) in [4.78, 5) is 20.5. The van der Waals surface area contributed by atoms with Gasteiger partial charge in [0.25, 0.3) is 10.0 Å². The molecular formula is C18H25N5O4S2. The lowest BCUT2D eigenvalue weighted by Crippen LogP contribution is -2.48. The van der Waals surface area contributed by atoms with Gasteiger partial charge in [0, 0.05) is 52.1 Å². The number of hydrogen-bond acceptors (Lipinski definition) is 8. The molecule has 9 nitrogen and oxygen atoms in total. The maximum atomic E-state index is 12.6.